The summed E-state index contributed by atoms with van der Waals surface area (Å²) < 4.78 is 26.6. The van der Waals surface area contributed by atoms with Crippen LogP contribution in [0.25, 0.3) is 0 Å². The van der Waals surface area contributed by atoms with Crippen LogP contribution in [0.3, 0.4) is 0 Å². The lowest BCUT2D eigenvalue weighted by atomic mass is 10.2. The second-order valence-electron chi connectivity index (χ2n) is 4.27. The molecule has 104 valence electrons. The third-order valence-corrected chi connectivity index (χ3v) is 4.28. The Bertz CT molecular complexity index is 581. The van der Waals surface area contributed by atoms with Crippen LogP contribution in [-0.2, 0) is 10.0 Å². The first-order chi connectivity index (χ1) is 8.90. The molecule has 0 aromatic heterocycles. The van der Waals surface area contributed by atoms with E-state index in [1.807, 2.05) is 20.0 Å². The van der Waals surface area contributed by atoms with Gasteiger partial charge in [-0.15, -0.1) is 0 Å². The van der Waals surface area contributed by atoms with Gasteiger partial charge in [-0.3, -0.25) is 0 Å². The molecule has 1 rings (SSSR count). The second kappa shape index (κ2) is 6.87. The number of rotatable bonds is 6. The van der Waals surface area contributed by atoms with E-state index in [1.54, 1.807) is 0 Å². The molecule has 1 atom stereocenters. The van der Waals surface area contributed by atoms with E-state index in [4.69, 9.17) is 16.9 Å². The number of nitrogens with zero attached hydrogens (tertiary/aromatic N) is 1. The average molecular weight is 302 g/mol. The molecule has 0 heterocycles. The van der Waals surface area contributed by atoms with Gasteiger partial charge < -0.3 is 5.32 Å². The van der Waals surface area contributed by atoms with E-state index in [9.17, 15) is 8.42 Å². The first-order valence-corrected chi connectivity index (χ1v) is 7.60. The third-order valence-electron chi connectivity index (χ3n) is 2.55. The fourth-order valence-corrected chi connectivity index (χ4v) is 2.99. The molecule has 19 heavy (non-hydrogen) atoms. The number of halogens is 1. The number of benzene rings is 1. The minimum Gasteiger partial charge on any atom is -0.319 e. The van der Waals surface area contributed by atoms with Crippen LogP contribution in [0.2, 0.25) is 5.02 Å². The van der Waals surface area contributed by atoms with Gasteiger partial charge in [-0.25, -0.2) is 13.1 Å². The van der Waals surface area contributed by atoms with Gasteiger partial charge in [-0.2, -0.15) is 5.26 Å². The molecule has 5 nitrogen and oxygen atoms in total. The van der Waals surface area contributed by atoms with Gasteiger partial charge in [0.25, 0.3) is 0 Å². The van der Waals surface area contributed by atoms with Gasteiger partial charge in [-0.1, -0.05) is 18.5 Å². The van der Waals surface area contributed by atoms with Gasteiger partial charge in [0.05, 0.1) is 15.5 Å². The normalized spacial score (nSPS) is 12.9. The molecule has 0 aliphatic rings. The standard InChI is InChI=1S/C12H16ClN3O2S/c1-9(7-15-2)8-16-19(17,18)11-4-3-10(6-14)12(13)5-11/h3-5,9,15-16H,7-8H2,1-2H3. The monoisotopic (exact) mass is 301 g/mol. The molecule has 1 unspecified atom stereocenters. The maximum atomic E-state index is 12.0. The van der Waals surface area contributed by atoms with Gasteiger partial charge in [0.15, 0.2) is 0 Å². The molecule has 0 aliphatic carbocycles. The lowest BCUT2D eigenvalue weighted by Gasteiger charge is -2.12. The summed E-state index contributed by atoms with van der Waals surface area (Å²) in [4.78, 5) is 0.0631. The summed E-state index contributed by atoms with van der Waals surface area (Å²) in [6.07, 6.45) is 0. The summed E-state index contributed by atoms with van der Waals surface area (Å²) >= 11 is 5.82. The molecule has 0 fully saturated rings. The van der Waals surface area contributed by atoms with Crippen molar-refractivity contribution in [2.24, 2.45) is 5.92 Å². The van der Waals surface area contributed by atoms with Crippen LogP contribution in [0.1, 0.15) is 12.5 Å². The van der Waals surface area contributed by atoms with E-state index in [0.717, 1.165) is 6.54 Å². The van der Waals surface area contributed by atoms with Crippen LogP contribution in [-0.4, -0.2) is 28.6 Å². The van der Waals surface area contributed by atoms with Crippen molar-refractivity contribution in [3.05, 3.63) is 28.8 Å². The summed E-state index contributed by atoms with van der Waals surface area (Å²) in [6.45, 7) is 2.99. The summed E-state index contributed by atoms with van der Waals surface area (Å²) in [6, 6.07) is 5.94. The highest BCUT2D eigenvalue weighted by molar-refractivity contribution is 7.89. The third kappa shape index (κ3) is 4.48. The van der Waals surface area contributed by atoms with Crippen molar-refractivity contribution in [1.29, 1.82) is 5.26 Å². The Labute approximate surface area is 118 Å². The minimum atomic E-state index is -3.59. The SMILES string of the molecule is CNCC(C)CNS(=O)(=O)c1ccc(C#N)c(Cl)c1. The Hall–Kier alpha value is -1.13. The first-order valence-electron chi connectivity index (χ1n) is 5.74. The van der Waals surface area contributed by atoms with Crippen LogP contribution in [0, 0.1) is 17.2 Å². The Morgan fingerprint density at radius 1 is 1.42 bits per heavy atom. The predicted octanol–water partition coefficient (Wildman–Crippen LogP) is 1.35. The zero-order valence-electron chi connectivity index (χ0n) is 10.8. The zero-order valence-corrected chi connectivity index (χ0v) is 12.3. The minimum absolute atomic E-state index is 0.0631. The number of hydrogen-bond acceptors (Lipinski definition) is 4. The molecule has 1 aromatic carbocycles. The van der Waals surface area contributed by atoms with Crippen molar-refractivity contribution in [3.63, 3.8) is 0 Å². The van der Waals surface area contributed by atoms with Crippen molar-refractivity contribution in [2.75, 3.05) is 20.1 Å². The maximum absolute atomic E-state index is 12.0. The fraction of sp³-hybridized carbons (Fsp3) is 0.417. The molecule has 0 bridgehead atoms. The summed E-state index contributed by atoms with van der Waals surface area (Å²) in [5.74, 6) is 0.175. The Kier molecular flexibility index (Phi) is 5.76. The molecule has 0 spiro atoms. The molecule has 0 aliphatic heterocycles. The van der Waals surface area contributed by atoms with E-state index in [0.29, 0.717) is 6.54 Å². The van der Waals surface area contributed by atoms with Gasteiger partial charge in [0, 0.05) is 6.54 Å². The van der Waals surface area contributed by atoms with Crippen molar-refractivity contribution < 1.29 is 8.42 Å². The van der Waals surface area contributed by atoms with Gasteiger partial charge in [0.1, 0.15) is 6.07 Å². The van der Waals surface area contributed by atoms with Crippen LogP contribution >= 0.6 is 11.6 Å². The highest BCUT2D eigenvalue weighted by Crippen LogP contribution is 2.20. The fourth-order valence-electron chi connectivity index (χ4n) is 1.51. The summed E-state index contributed by atoms with van der Waals surface area (Å²) in [5, 5.41) is 11.8. The Morgan fingerprint density at radius 3 is 2.63 bits per heavy atom. The van der Waals surface area contributed by atoms with Crippen molar-refractivity contribution in [2.45, 2.75) is 11.8 Å². The number of nitriles is 1. The maximum Gasteiger partial charge on any atom is 0.240 e. The summed E-state index contributed by atoms with van der Waals surface area (Å²) in [7, 11) is -1.78. The highest BCUT2D eigenvalue weighted by Gasteiger charge is 2.16. The molecule has 7 heteroatoms. The zero-order chi connectivity index (χ0) is 14.5. The summed E-state index contributed by atoms with van der Waals surface area (Å²) in [5.41, 5.74) is 0.254. The Balaban J connectivity index is 2.84. The quantitative estimate of drug-likeness (QED) is 0.831. The molecule has 0 radical (unpaired) electrons. The smallest absolute Gasteiger partial charge is 0.240 e. The van der Waals surface area contributed by atoms with Crippen molar-refractivity contribution in [1.82, 2.24) is 10.0 Å². The molecular weight excluding hydrogens is 286 g/mol. The van der Waals surface area contributed by atoms with Gasteiger partial charge >= 0.3 is 0 Å². The first kappa shape index (κ1) is 15.9. The van der Waals surface area contributed by atoms with Crippen LogP contribution < -0.4 is 10.0 Å². The van der Waals surface area contributed by atoms with E-state index in [-0.39, 0.29) is 21.4 Å². The van der Waals surface area contributed by atoms with E-state index < -0.39 is 10.0 Å². The topological polar surface area (TPSA) is 82.0 Å². The highest BCUT2D eigenvalue weighted by atomic mass is 35.5. The lowest BCUT2D eigenvalue weighted by Crippen LogP contribution is -2.32. The average Bonchev–Trinajstić information content (AvgIpc) is 2.37. The largest absolute Gasteiger partial charge is 0.319 e. The van der Waals surface area contributed by atoms with Crippen molar-refractivity contribution >= 4 is 21.6 Å². The van der Waals surface area contributed by atoms with Gasteiger partial charge in [0.2, 0.25) is 10.0 Å². The van der Waals surface area contributed by atoms with E-state index in [1.165, 1.54) is 18.2 Å². The van der Waals surface area contributed by atoms with E-state index in [2.05, 4.69) is 10.0 Å². The predicted molar refractivity (Wildman–Crippen MR) is 74.4 cm³/mol. The number of nitrogens with one attached hydrogen (secondary N) is 2. The lowest BCUT2D eigenvalue weighted by molar-refractivity contribution is 0.519. The van der Waals surface area contributed by atoms with Crippen LogP contribution in [0.15, 0.2) is 23.1 Å². The van der Waals surface area contributed by atoms with Crippen LogP contribution in [0.5, 0.6) is 0 Å². The number of sulfonamides is 1. The van der Waals surface area contributed by atoms with Gasteiger partial charge in [-0.05, 0) is 37.7 Å². The molecule has 2 N–H and O–H groups in total. The van der Waals surface area contributed by atoms with E-state index >= 15 is 0 Å². The molecule has 0 saturated heterocycles. The second-order valence-corrected chi connectivity index (χ2v) is 6.44. The molecule has 1 aromatic rings. The molecular formula is C12H16ClN3O2S. The molecule has 0 saturated carbocycles. The van der Waals surface area contributed by atoms with Crippen molar-refractivity contribution in [3.8, 4) is 6.07 Å². The number of hydrogen-bond donors (Lipinski definition) is 2. The Morgan fingerprint density at radius 2 is 2.11 bits per heavy atom. The van der Waals surface area contributed by atoms with Crippen LogP contribution in [0.4, 0.5) is 0 Å². The molecule has 0 amide bonds.